The highest BCUT2D eigenvalue weighted by Gasteiger charge is 2.13. The summed E-state index contributed by atoms with van der Waals surface area (Å²) in [4.78, 5) is 10.5. The van der Waals surface area contributed by atoms with Gasteiger partial charge in [0.1, 0.15) is 11.9 Å². The van der Waals surface area contributed by atoms with E-state index in [1.165, 1.54) is 0 Å². The van der Waals surface area contributed by atoms with Gasteiger partial charge < -0.3 is 9.84 Å². The van der Waals surface area contributed by atoms with Crippen LogP contribution in [0.4, 0.5) is 0 Å². The fraction of sp³-hybridized carbons (Fsp3) is 0.364. The molecular weight excluding hydrogens is 216 g/mol. The first-order valence-corrected chi connectivity index (χ1v) is 5.14. The number of halogens is 1. The number of carboxylic acid groups (broad SMARTS) is 1. The molecule has 0 bridgehead atoms. The van der Waals surface area contributed by atoms with Crippen molar-refractivity contribution >= 4 is 17.6 Å². The van der Waals surface area contributed by atoms with Gasteiger partial charge in [0.25, 0.3) is 0 Å². The van der Waals surface area contributed by atoms with Crippen LogP contribution in [0.5, 0.6) is 5.75 Å². The van der Waals surface area contributed by atoms with Crippen molar-refractivity contribution in [1.29, 1.82) is 0 Å². The molecule has 15 heavy (non-hydrogen) atoms. The number of carboxylic acids is 1. The van der Waals surface area contributed by atoms with E-state index < -0.39 is 5.97 Å². The molecule has 1 rings (SSSR count). The summed E-state index contributed by atoms with van der Waals surface area (Å²) in [6.45, 7) is 1.88. The molecule has 0 radical (unpaired) electrons. The third-order valence-electron chi connectivity index (χ3n) is 1.99. The summed E-state index contributed by atoms with van der Waals surface area (Å²) in [5.74, 6) is -0.332. The predicted molar refractivity (Wildman–Crippen MR) is 58.4 cm³/mol. The maximum atomic E-state index is 10.5. The second-order valence-electron chi connectivity index (χ2n) is 3.18. The van der Waals surface area contributed by atoms with Crippen LogP contribution in [0.25, 0.3) is 0 Å². The normalized spacial score (nSPS) is 12.1. The van der Waals surface area contributed by atoms with Crippen molar-refractivity contribution in [2.75, 3.05) is 0 Å². The molecule has 3 nitrogen and oxygen atoms in total. The molecule has 0 heterocycles. The number of aliphatic carboxylic acids is 1. The Labute approximate surface area is 93.6 Å². The number of benzene rings is 1. The van der Waals surface area contributed by atoms with E-state index in [2.05, 4.69) is 0 Å². The summed E-state index contributed by atoms with van der Waals surface area (Å²) >= 11 is 5.89. The molecule has 1 aromatic rings. The van der Waals surface area contributed by atoms with E-state index in [0.717, 1.165) is 0 Å². The van der Waals surface area contributed by atoms with Crippen LogP contribution in [0.3, 0.4) is 0 Å². The number of hydrogen-bond donors (Lipinski definition) is 1. The van der Waals surface area contributed by atoms with Crippen LogP contribution in [0, 0.1) is 0 Å². The number of rotatable bonds is 5. The quantitative estimate of drug-likeness (QED) is 0.843. The predicted octanol–water partition coefficient (Wildman–Crippen LogP) is 2.97. The van der Waals surface area contributed by atoms with Crippen LogP contribution in [0.2, 0.25) is 5.02 Å². The lowest BCUT2D eigenvalue weighted by molar-refractivity contribution is -0.138. The van der Waals surface area contributed by atoms with E-state index in [1.807, 2.05) is 6.92 Å². The third-order valence-corrected chi connectivity index (χ3v) is 2.30. The number of carbonyl (C=O) groups is 1. The van der Waals surface area contributed by atoms with Gasteiger partial charge in [0.05, 0.1) is 11.4 Å². The molecule has 0 fully saturated rings. The molecule has 0 amide bonds. The average molecular weight is 229 g/mol. The fourth-order valence-electron chi connectivity index (χ4n) is 1.18. The average Bonchev–Trinajstić information content (AvgIpc) is 2.19. The summed E-state index contributed by atoms with van der Waals surface area (Å²) in [6.07, 6.45) is 0.293. The SMILES string of the molecule is CCC(CC(=O)O)Oc1ccccc1Cl. The molecule has 1 aromatic carbocycles. The van der Waals surface area contributed by atoms with E-state index in [9.17, 15) is 4.79 Å². The zero-order valence-corrected chi connectivity index (χ0v) is 9.20. The first-order valence-electron chi connectivity index (χ1n) is 4.76. The lowest BCUT2D eigenvalue weighted by Gasteiger charge is -2.16. The molecular formula is C11H13ClO3. The molecule has 0 aliphatic carbocycles. The molecule has 0 saturated heterocycles. The largest absolute Gasteiger partial charge is 0.488 e. The fourth-order valence-corrected chi connectivity index (χ4v) is 1.36. The highest BCUT2D eigenvalue weighted by atomic mass is 35.5. The Morgan fingerprint density at radius 2 is 2.20 bits per heavy atom. The lowest BCUT2D eigenvalue weighted by Crippen LogP contribution is -2.19. The van der Waals surface area contributed by atoms with Crippen molar-refractivity contribution in [2.24, 2.45) is 0 Å². The summed E-state index contributed by atoms with van der Waals surface area (Å²) < 4.78 is 5.49. The zero-order valence-electron chi connectivity index (χ0n) is 8.44. The molecule has 0 aliphatic rings. The van der Waals surface area contributed by atoms with E-state index in [-0.39, 0.29) is 12.5 Å². The van der Waals surface area contributed by atoms with Crippen LogP contribution >= 0.6 is 11.6 Å². The molecule has 4 heteroatoms. The van der Waals surface area contributed by atoms with Crippen LogP contribution in [-0.4, -0.2) is 17.2 Å². The summed E-state index contributed by atoms with van der Waals surface area (Å²) in [5, 5.41) is 9.15. The van der Waals surface area contributed by atoms with Gasteiger partial charge in [-0.15, -0.1) is 0 Å². The smallest absolute Gasteiger partial charge is 0.307 e. The third kappa shape index (κ3) is 3.80. The van der Waals surface area contributed by atoms with E-state index in [0.29, 0.717) is 17.2 Å². The first kappa shape index (κ1) is 11.9. The molecule has 0 aliphatic heterocycles. The molecule has 1 N–H and O–H groups in total. The Balaban J connectivity index is 2.66. The van der Waals surface area contributed by atoms with Crippen molar-refractivity contribution in [1.82, 2.24) is 0 Å². The molecule has 1 unspecified atom stereocenters. The Kier molecular flexibility index (Phi) is 4.43. The van der Waals surface area contributed by atoms with Crippen LogP contribution in [-0.2, 0) is 4.79 Å². The summed E-state index contributed by atoms with van der Waals surface area (Å²) in [6, 6.07) is 7.04. The number of ether oxygens (including phenoxy) is 1. The molecule has 82 valence electrons. The second kappa shape index (κ2) is 5.61. The second-order valence-corrected chi connectivity index (χ2v) is 3.58. The Morgan fingerprint density at radius 3 is 2.73 bits per heavy atom. The van der Waals surface area contributed by atoms with Crippen molar-refractivity contribution < 1.29 is 14.6 Å². The van der Waals surface area contributed by atoms with Gasteiger partial charge in [0, 0.05) is 0 Å². The maximum Gasteiger partial charge on any atom is 0.307 e. The van der Waals surface area contributed by atoms with Gasteiger partial charge in [-0.3, -0.25) is 4.79 Å². The minimum atomic E-state index is -0.867. The van der Waals surface area contributed by atoms with Crippen LogP contribution in [0.1, 0.15) is 19.8 Å². The topological polar surface area (TPSA) is 46.5 Å². The van der Waals surface area contributed by atoms with Crippen LogP contribution < -0.4 is 4.74 Å². The molecule has 0 aromatic heterocycles. The lowest BCUT2D eigenvalue weighted by atomic mass is 10.2. The summed E-state index contributed by atoms with van der Waals surface area (Å²) in [5.41, 5.74) is 0. The van der Waals surface area contributed by atoms with Gasteiger partial charge in [0.15, 0.2) is 0 Å². The molecule has 0 saturated carbocycles. The van der Waals surface area contributed by atoms with E-state index in [1.54, 1.807) is 24.3 Å². The zero-order chi connectivity index (χ0) is 11.3. The number of hydrogen-bond acceptors (Lipinski definition) is 2. The van der Waals surface area contributed by atoms with Gasteiger partial charge >= 0.3 is 5.97 Å². The van der Waals surface area contributed by atoms with Crippen molar-refractivity contribution in [2.45, 2.75) is 25.9 Å². The molecule has 1 atom stereocenters. The van der Waals surface area contributed by atoms with Crippen molar-refractivity contribution in [3.05, 3.63) is 29.3 Å². The minimum absolute atomic E-state index is 0.0122. The Hall–Kier alpha value is -1.22. The van der Waals surface area contributed by atoms with Crippen LogP contribution in [0.15, 0.2) is 24.3 Å². The van der Waals surface area contributed by atoms with Crippen molar-refractivity contribution in [3.63, 3.8) is 0 Å². The highest BCUT2D eigenvalue weighted by molar-refractivity contribution is 6.32. The molecule has 0 spiro atoms. The van der Waals surface area contributed by atoms with Gasteiger partial charge in [-0.05, 0) is 18.6 Å². The van der Waals surface area contributed by atoms with E-state index >= 15 is 0 Å². The highest BCUT2D eigenvalue weighted by Crippen LogP contribution is 2.25. The van der Waals surface area contributed by atoms with Crippen molar-refractivity contribution in [3.8, 4) is 5.75 Å². The van der Waals surface area contributed by atoms with Gasteiger partial charge in [-0.2, -0.15) is 0 Å². The number of para-hydroxylation sites is 1. The minimum Gasteiger partial charge on any atom is -0.488 e. The Bertz CT molecular complexity index is 338. The first-order chi connectivity index (χ1) is 7.13. The van der Waals surface area contributed by atoms with E-state index in [4.69, 9.17) is 21.4 Å². The monoisotopic (exact) mass is 228 g/mol. The Morgan fingerprint density at radius 1 is 1.53 bits per heavy atom. The van der Waals surface area contributed by atoms with Gasteiger partial charge in [0.2, 0.25) is 0 Å². The summed E-state index contributed by atoms with van der Waals surface area (Å²) in [7, 11) is 0. The maximum absolute atomic E-state index is 10.5. The van der Waals surface area contributed by atoms with Gasteiger partial charge in [-0.25, -0.2) is 0 Å². The van der Waals surface area contributed by atoms with Gasteiger partial charge in [-0.1, -0.05) is 30.7 Å². The standard InChI is InChI=1S/C11H13ClO3/c1-2-8(7-11(13)14)15-10-6-4-3-5-9(10)12/h3-6,8H,2,7H2,1H3,(H,13,14).